The van der Waals surface area contributed by atoms with Crippen molar-refractivity contribution in [2.45, 2.75) is 33.2 Å². The SMILES string of the molecule is CCNC(CN1CCC(C(C)C)C1)c1cccc(OC)c1. The van der Waals surface area contributed by atoms with Gasteiger partial charge in [0.15, 0.2) is 0 Å². The van der Waals surface area contributed by atoms with Gasteiger partial charge in [-0.25, -0.2) is 0 Å². The summed E-state index contributed by atoms with van der Waals surface area (Å²) in [5.41, 5.74) is 1.32. The van der Waals surface area contributed by atoms with Gasteiger partial charge in [-0.2, -0.15) is 0 Å². The van der Waals surface area contributed by atoms with Gasteiger partial charge in [-0.3, -0.25) is 0 Å². The van der Waals surface area contributed by atoms with Crippen LogP contribution >= 0.6 is 0 Å². The maximum Gasteiger partial charge on any atom is 0.119 e. The monoisotopic (exact) mass is 290 g/mol. The summed E-state index contributed by atoms with van der Waals surface area (Å²) in [6, 6.07) is 8.84. The van der Waals surface area contributed by atoms with Crippen LogP contribution in [-0.4, -0.2) is 38.2 Å². The van der Waals surface area contributed by atoms with Gasteiger partial charge in [0.25, 0.3) is 0 Å². The van der Waals surface area contributed by atoms with Crippen molar-refractivity contribution in [1.82, 2.24) is 10.2 Å². The van der Waals surface area contributed by atoms with E-state index in [4.69, 9.17) is 4.74 Å². The molecule has 118 valence electrons. The molecule has 0 aliphatic carbocycles. The number of hydrogen-bond acceptors (Lipinski definition) is 3. The quantitative estimate of drug-likeness (QED) is 0.833. The van der Waals surface area contributed by atoms with Crippen LogP contribution in [0, 0.1) is 11.8 Å². The lowest BCUT2D eigenvalue weighted by Crippen LogP contribution is -2.34. The molecule has 3 nitrogen and oxygen atoms in total. The summed E-state index contributed by atoms with van der Waals surface area (Å²) in [6.07, 6.45) is 1.34. The maximum absolute atomic E-state index is 5.36. The van der Waals surface area contributed by atoms with Crippen molar-refractivity contribution >= 4 is 0 Å². The summed E-state index contributed by atoms with van der Waals surface area (Å²) in [6.45, 7) is 11.4. The number of benzene rings is 1. The molecule has 0 aromatic heterocycles. The molecular formula is C18H30N2O. The van der Waals surface area contributed by atoms with Crippen molar-refractivity contribution in [1.29, 1.82) is 0 Å². The molecule has 21 heavy (non-hydrogen) atoms. The Morgan fingerprint density at radius 2 is 2.19 bits per heavy atom. The summed E-state index contributed by atoms with van der Waals surface area (Å²) in [5, 5.41) is 3.62. The zero-order valence-corrected chi connectivity index (χ0v) is 13.9. The van der Waals surface area contributed by atoms with Crippen molar-refractivity contribution < 1.29 is 4.74 Å². The average Bonchev–Trinajstić information content (AvgIpc) is 2.96. The summed E-state index contributed by atoms with van der Waals surface area (Å²) >= 11 is 0. The van der Waals surface area contributed by atoms with Crippen LogP contribution in [0.25, 0.3) is 0 Å². The van der Waals surface area contributed by atoms with Crippen LogP contribution in [0.2, 0.25) is 0 Å². The lowest BCUT2D eigenvalue weighted by atomic mass is 9.95. The van der Waals surface area contributed by atoms with Crippen molar-refractivity contribution in [3.8, 4) is 5.75 Å². The van der Waals surface area contributed by atoms with Crippen LogP contribution < -0.4 is 10.1 Å². The molecule has 0 saturated carbocycles. The van der Waals surface area contributed by atoms with Crippen molar-refractivity contribution in [2.24, 2.45) is 11.8 Å². The highest BCUT2D eigenvalue weighted by atomic mass is 16.5. The molecule has 3 heteroatoms. The molecule has 1 aromatic carbocycles. The molecule has 0 amide bonds. The van der Waals surface area contributed by atoms with Crippen molar-refractivity contribution in [3.63, 3.8) is 0 Å². The Hall–Kier alpha value is -1.06. The summed E-state index contributed by atoms with van der Waals surface area (Å²) in [4.78, 5) is 2.61. The van der Waals surface area contributed by atoms with Crippen LogP contribution in [-0.2, 0) is 0 Å². The van der Waals surface area contributed by atoms with Gasteiger partial charge in [0.2, 0.25) is 0 Å². The molecule has 0 bridgehead atoms. The Morgan fingerprint density at radius 3 is 2.81 bits per heavy atom. The van der Waals surface area contributed by atoms with E-state index in [1.807, 2.05) is 6.07 Å². The van der Waals surface area contributed by atoms with Gasteiger partial charge in [-0.15, -0.1) is 0 Å². The van der Waals surface area contributed by atoms with Crippen molar-refractivity contribution in [2.75, 3.05) is 33.3 Å². The molecule has 1 aliphatic heterocycles. The van der Waals surface area contributed by atoms with Crippen LogP contribution in [0.4, 0.5) is 0 Å². The third-order valence-electron chi connectivity index (χ3n) is 4.64. The minimum atomic E-state index is 0.385. The summed E-state index contributed by atoms with van der Waals surface area (Å²) in [7, 11) is 1.73. The van der Waals surface area contributed by atoms with Crippen LogP contribution in [0.15, 0.2) is 24.3 Å². The first kappa shape index (κ1) is 16.3. The predicted molar refractivity (Wildman–Crippen MR) is 88.8 cm³/mol. The molecule has 1 fully saturated rings. The first-order valence-electron chi connectivity index (χ1n) is 8.23. The third kappa shape index (κ3) is 4.45. The summed E-state index contributed by atoms with van der Waals surface area (Å²) < 4.78 is 5.36. The fourth-order valence-corrected chi connectivity index (χ4v) is 3.22. The van der Waals surface area contributed by atoms with Gasteiger partial charge in [-0.05, 0) is 49.0 Å². The second kappa shape index (κ2) is 7.81. The minimum absolute atomic E-state index is 0.385. The fraction of sp³-hybridized carbons (Fsp3) is 0.667. The Labute approximate surface area is 129 Å². The highest BCUT2D eigenvalue weighted by molar-refractivity contribution is 5.30. The van der Waals surface area contributed by atoms with Gasteiger partial charge in [0.05, 0.1) is 7.11 Å². The Kier molecular flexibility index (Phi) is 6.07. The van der Waals surface area contributed by atoms with Crippen LogP contribution in [0.3, 0.4) is 0 Å². The van der Waals surface area contributed by atoms with Gasteiger partial charge in [0, 0.05) is 19.1 Å². The zero-order chi connectivity index (χ0) is 15.2. The molecule has 1 N–H and O–H groups in total. The normalized spacial score (nSPS) is 20.9. The smallest absolute Gasteiger partial charge is 0.119 e. The number of methoxy groups -OCH3 is 1. The molecule has 1 aliphatic rings. The predicted octanol–water partition coefficient (Wildman–Crippen LogP) is 3.32. The summed E-state index contributed by atoms with van der Waals surface area (Å²) in [5.74, 6) is 2.60. The third-order valence-corrected chi connectivity index (χ3v) is 4.64. The lowest BCUT2D eigenvalue weighted by molar-refractivity contribution is 0.271. The van der Waals surface area contributed by atoms with Crippen molar-refractivity contribution in [3.05, 3.63) is 29.8 Å². The molecule has 2 unspecified atom stereocenters. The van der Waals surface area contributed by atoms with Gasteiger partial charge >= 0.3 is 0 Å². The highest BCUT2D eigenvalue weighted by Crippen LogP contribution is 2.26. The van der Waals surface area contributed by atoms with Crippen LogP contribution in [0.5, 0.6) is 5.75 Å². The number of likely N-dealkylation sites (N-methyl/N-ethyl adjacent to an activating group) is 1. The number of ether oxygens (including phenoxy) is 1. The Morgan fingerprint density at radius 1 is 1.38 bits per heavy atom. The minimum Gasteiger partial charge on any atom is -0.497 e. The molecule has 1 aromatic rings. The number of nitrogens with one attached hydrogen (secondary N) is 1. The molecule has 2 rings (SSSR count). The second-order valence-corrected chi connectivity index (χ2v) is 6.44. The molecular weight excluding hydrogens is 260 g/mol. The molecule has 0 spiro atoms. The first-order chi connectivity index (χ1) is 10.1. The molecule has 0 radical (unpaired) electrons. The Balaban J connectivity index is 2.02. The van der Waals surface area contributed by atoms with E-state index >= 15 is 0 Å². The van der Waals surface area contributed by atoms with E-state index < -0.39 is 0 Å². The topological polar surface area (TPSA) is 24.5 Å². The number of rotatable bonds is 7. The standard InChI is InChI=1S/C18H30N2O/c1-5-19-18(15-7-6-8-17(11-15)21-4)13-20-10-9-16(12-20)14(2)3/h6-8,11,14,16,18-19H,5,9-10,12-13H2,1-4H3. The van der Waals surface area contributed by atoms with E-state index in [2.05, 4.69) is 49.2 Å². The molecule has 2 atom stereocenters. The first-order valence-corrected chi connectivity index (χ1v) is 8.23. The number of likely N-dealkylation sites (tertiary alicyclic amines) is 1. The second-order valence-electron chi connectivity index (χ2n) is 6.44. The maximum atomic E-state index is 5.36. The number of nitrogens with zero attached hydrogens (tertiary/aromatic N) is 1. The van der Waals surface area contributed by atoms with E-state index in [-0.39, 0.29) is 0 Å². The van der Waals surface area contributed by atoms with E-state index in [0.29, 0.717) is 6.04 Å². The lowest BCUT2D eigenvalue weighted by Gasteiger charge is -2.25. The largest absolute Gasteiger partial charge is 0.497 e. The molecule has 1 saturated heterocycles. The van der Waals surface area contributed by atoms with E-state index in [0.717, 1.165) is 30.7 Å². The van der Waals surface area contributed by atoms with E-state index in [9.17, 15) is 0 Å². The highest BCUT2D eigenvalue weighted by Gasteiger charge is 2.26. The van der Waals surface area contributed by atoms with E-state index in [1.54, 1.807) is 7.11 Å². The van der Waals surface area contributed by atoms with Gasteiger partial charge < -0.3 is 15.0 Å². The van der Waals surface area contributed by atoms with Gasteiger partial charge in [0.1, 0.15) is 5.75 Å². The van der Waals surface area contributed by atoms with E-state index in [1.165, 1.54) is 25.1 Å². The fourth-order valence-electron chi connectivity index (χ4n) is 3.22. The average molecular weight is 290 g/mol. The zero-order valence-electron chi connectivity index (χ0n) is 13.9. The van der Waals surface area contributed by atoms with Gasteiger partial charge in [-0.1, -0.05) is 32.9 Å². The Bertz CT molecular complexity index is 433. The molecule has 1 heterocycles. The van der Waals surface area contributed by atoms with Crippen LogP contribution in [0.1, 0.15) is 38.8 Å². The number of hydrogen-bond donors (Lipinski definition) is 1.